The molecule has 0 aromatic heterocycles. The highest BCUT2D eigenvalue weighted by Crippen LogP contribution is 2.26. The number of para-hydroxylation sites is 1. The van der Waals surface area contributed by atoms with Crippen LogP contribution < -0.4 is 15.8 Å². The number of nitrogens with one attached hydrogen (secondary N) is 2. The summed E-state index contributed by atoms with van der Waals surface area (Å²) >= 11 is 0. The third kappa shape index (κ3) is 3.39. The van der Waals surface area contributed by atoms with Crippen LogP contribution in [0.15, 0.2) is 24.3 Å². The Kier molecular flexibility index (Phi) is 4.58. The molecule has 1 unspecified atom stereocenters. The molecule has 0 bridgehead atoms. The summed E-state index contributed by atoms with van der Waals surface area (Å²) < 4.78 is 5.16. The number of hydrazine groups is 1. The van der Waals surface area contributed by atoms with E-state index in [2.05, 4.69) is 21.8 Å². The minimum atomic E-state index is -0.205. The molecule has 2 aliphatic heterocycles. The van der Waals surface area contributed by atoms with E-state index in [0.717, 1.165) is 25.1 Å². The van der Waals surface area contributed by atoms with Crippen LogP contribution in [-0.4, -0.2) is 38.1 Å². The van der Waals surface area contributed by atoms with E-state index in [1.807, 2.05) is 18.2 Å². The van der Waals surface area contributed by atoms with Gasteiger partial charge in [-0.2, -0.15) is 0 Å². The van der Waals surface area contributed by atoms with Crippen LogP contribution in [0.25, 0.3) is 0 Å². The van der Waals surface area contributed by atoms with Gasteiger partial charge < -0.3 is 9.64 Å². The normalized spacial score (nSPS) is 20.4. The first-order valence-electron chi connectivity index (χ1n) is 7.73. The standard InChI is InChI=1S/C16H21N3O3/c20-15(17-18-16(21)13-7-9-22-11-13)10-19-8-3-5-12-4-1-2-6-14(12)19/h1-2,4,6,13H,3,5,7-11H2,(H,17,20)(H,18,21). The number of benzene rings is 1. The number of rotatable bonds is 3. The molecule has 1 aromatic carbocycles. The Bertz CT molecular complexity index is 555. The van der Waals surface area contributed by atoms with Crippen LogP contribution in [0.4, 0.5) is 5.69 Å². The number of carbonyl (C=O) groups is 2. The average Bonchev–Trinajstić information content (AvgIpc) is 3.07. The average molecular weight is 303 g/mol. The smallest absolute Gasteiger partial charge is 0.257 e. The SMILES string of the molecule is O=C(CN1CCCc2ccccc21)NNC(=O)C1CCOC1. The van der Waals surface area contributed by atoms with Crippen molar-refractivity contribution in [1.29, 1.82) is 0 Å². The predicted octanol–water partition coefficient (Wildman–Crippen LogP) is 0.623. The summed E-state index contributed by atoms with van der Waals surface area (Å²) in [6, 6.07) is 8.14. The lowest BCUT2D eigenvalue weighted by atomic mass is 10.0. The first kappa shape index (κ1) is 14.8. The molecule has 0 spiro atoms. The summed E-state index contributed by atoms with van der Waals surface area (Å²) in [6.45, 7) is 2.14. The van der Waals surface area contributed by atoms with Gasteiger partial charge in [-0.05, 0) is 30.9 Å². The molecule has 1 aromatic rings. The third-order valence-electron chi connectivity index (χ3n) is 4.17. The van der Waals surface area contributed by atoms with E-state index in [0.29, 0.717) is 19.6 Å². The van der Waals surface area contributed by atoms with Gasteiger partial charge in [-0.3, -0.25) is 20.4 Å². The highest BCUT2D eigenvalue weighted by molar-refractivity contribution is 5.86. The van der Waals surface area contributed by atoms with Crippen molar-refractivity contribution in [3.8, 4) is 0 Å². The van der Waals surface area contributed by atoms with E-state index >= 15 is 0 Å². The fourth-order valence-corrected chi connectivity index (χ4v) is 2.96. The van der Waals surface area contributed by atoms with Gasteiger partial charge in [0.15, 0.2) is 0 Å². The summed E-state index contributed by atoms with van der Waals surface area (Å²) in [6.07, 6.45) is 2.80. The summed E-state index contributed by atoms with van der Waals surface area (Å²) in [5, 5.41) is 0. The zero-order chi connectivity index (χ0) is 15.4. The van der Waals surface area contributed by atoms with Gasteiger partial charge in [-0.15, -0.1) is 0 Å². The Labute approximate surface area is 129 Å². The van der Waals surface area contributed by atoms with Gasteiger partial charge in [0.2, 0.25) is 5.91 Å². The molecule has 3 rings (SSSR count). The molecule has 22 heavy (non-hydrogen) atoms. The number of anilines is 1. The van der Waals surface area contributed by atoms with Crippen LogP contribution in [0.2, 0.25) is 0 Å². The first-order chi connectivity index (χ1) is 10.7. The minimum Gasteiger partial charge on any atom is -0.381 e. The van der Waals surface area contributed by atoms with E-state index in [9.17, 15) is 9.59 Å². The van der Waals surface area contributed by atoms with E-state index in [1.165, 1.54) is 5.56 Å². The highest BCUT2D eigenvalue weighted by Gasteiger charge is 2.24. The Hall–Kier alpha value is -2.08. The lowest BCUT2D eigenvalue weighted by Gasteiger charge is -2.30. The number of hydrogen-bond acceptors (Lipinski definition) is 4. The predicted molar refractivity (Wildman–Crippen MR) is 82.2 cm³/mol. The minimum absolute atomic E-state index is 0.156. The Morgan fingerprint density at radius 3 is 2.95 bits per heavy atom. The van der Waals surface area contributed by atoms with Crippen molar-refractivity contribution in [3.05, 3.63) is 29.8 Å². The molecule has 6 nitrogen and oxygen atoms in total. The fraction of sp³-hybridized carbons (Fsp3) is 0.500. The van der Waals surface area contributed by atoms with Crippen molar-refractivity contribution in [1.82, 2.24) is 10.9 Å². The second-order valence-corrected chi connectivity index (χ2v) is 5.75. The van der Waals surface area contributed by atoms with Gasteiger partial charge in [0, 0.05) is 18.8 Å². The van der Waals surface area contributed by atoms with Gasteiger partial charge in [-0.1, -0.05) is 18.2 Å². The van der Waals surface area contributed by atoms with Crippen LogP contribution in [0.3, 0.4) is 0 Å². The van der Waals surface area contributed by atoms with Gasteiger partial charge in [0.05, 0.1) is 19.1 Å². The maximum Gasteiger partial charge on any atom is 0.257 e. The van der Waals surface area contributed by atoms with E-state index in [1.54, 1.807) is 0 Å². The topological polar surface area (TPSA) is 70.7 Å². The number of carbonyl (C=O) groups excluding carboxylic acids is 2. The fourth-order valence-electron chi connectivity index (χ4n) is 2.96. The molecular formula is C16H21N3O3. The van der Waals surface area contributed by atoms with Crippen molar-refractivity contribution in [2.45, 2.75) is 19.3 Å². The monoisotopic (exact) mass is 303 g/mol. The Balaban J connectivity index is 1.51. The molecule has 2 amide bonds. The van der Waals surface area contributed by atoms with Crippen molar-refractivity contribution in [2.75, 3.05) is 31.2 Å². The van der Waals surface area contributed by atoms with Crippen molar-refractivity contribution in [2.24, 2.45) is 5.92 Å². The molecule has 118 valence electrons. The van der Waals surface area contributed by atoms with Crippen LogP contribution >= 0.6 is 0 Å². The van der Waals surface area contributed by atoms with Gasteiger partial charge >= 0.3 is 0 Å². The maximum absolute atomic E-state index is 12.0. The molecule has 0 aliphatic carbocycles. The lowest BCUT2D eigenvalue weighted by molar-refractivity contribution is -0.130. The van der Waals surface area contributed by atoms with E-state index < -0.39 is 0 Å². The Morgan fingerprint density at radius 1 is 1.27 bits per heavy atom. The lowest BCUT2D eigenvalue weighted by Crippen LogP contribution is -2.49. The van der Waals surface area contributed by atoms with Crippen molar-refractivity contribution in [3.63, 3.8) is 0 Å². The molecule has 6 heteroatoms. The molecule has 2 heterocycles. The summed E-state index contributed by atoms with van der Waals surface area (Å²) in [5.74, 6) is -0.537. The van der Waals surface area contributed by atoms with E-state index in [-0.39, 0.29) is 24.3 Å². The molecule has 0 radical (unpaired) electrons. The zero-order valence-electron chi connectivity index (χ0n) is 12.5. The summed E-state index contributed by atoms with van der Waals surface area (Å²) in [5.41, 5.74) is 7.38. The quantitative estimate of drug-likeness (QED) is 0.803. The number of fused-ring (bicyclic) bond motifs is 1. The number of ether oxygens (including phenoxy) is 1. The van der Waals surface area contributed by atoms with Crippen LogP contribution in [-0.2, 0) is 20.7 Å². The second-order valence-electron chi connectivity index (χ2n) is 5.75. The summed E-state index contributed by atoms with van der Waals surface area (Å²) in [7, 11) is 0. The van der Waals surface area contributed by atoms with E-state index in [4.69, 9.17) is 4.74 Å². The third-order valence-corrected chi connectivity index (χ3v) is 4.17. The largest absolute Gasteiger partial charge is 0.381 e. The molecule has 0 saturated carbocycles. The maximum atomic E-state index is 12.0. The molecular weight excluding hydrogens is 282 g/mol. The number of hydrogen-bond donors (Lipinski definition) is 2. The van der Waals surface area contributed by atoms with Gasteiger partial charge in [-0.25, -0.2) is 0 Å². The van der Waals surface area contributed by atoms with Crippen LogP contribution in [0, 0.1) is 5.92 Å². The summed E-state index contributed by atoms with van der Waals surface area (Å²) in [4.78, 5) is 25.9. The van der Waals surface area contributed by atoms with Gasteiger partial charge in [0.1, 0.15) is 0 Å². The number of nitrogens with zero attached hydrogens (tertiary/aromatic N) is 1. The van der Waals surface area contributed by atoms with Crippen LogP contribution in [0.1, 0.15) is 18.4 Å². The van der Waals surface area contributed by atoms with Crippen LogP contribution in [0.5, 0.6) is 0 Å². The van der Waals surface area contributed by atoms with Crippen molar-refractivity contribution >= 4 is 17.5 Å². The highest BCUT2D eigenvalue weighted by atomic mass is 16.5. The Morgan fingerprint density at radius 2 is 2.14 bits per heavy atom. The molecule has 1 fully saturated rings. The second kappa shape index (κ2) is 6.79. The number of amides is 2. The molecule has 1 saturated heterocycles. The molecule has 2 N–H and O–H groups in total. The van der Waals surface area contributed by atoms with Gasteiger partial charge in [0.25, 0.3) is 5.91 Å². The zero-order valence-corrected chi connectivity index (χ0v) is 12.5. The molecule has 2 aliphatic rings. The van der Waals surface area contributed by atoms with Crippen molar-refractivity contribution < 1.29 is 14.3 Å². The molecule has 1 atom stereocenters. The first-order valence-corrected chi connectivity index (χ1v) is 7.73. The number of aryl methyl sites for hydroxylation is 1.